The Bertz CT molecular complexity index is 1160. The predicted octanol–water partition coefficient (Wildman–Crippen LogP) is 5.24. The van der Waals surface area contributed by atoms with Crippen LogP contribution in [0.5, 0.6) is 11.5 Å². The minimum absolute atomic E-state index is 0.00201. The summed E-state index contributed by atoms with van der Waals surface area (Å²) in [5.41, 5.74) is 6.60. The van der Waals surface area contributed by atoms with Crippen LogP contribution in [0.3, 0.4) is 0 Å². The number of methoxy groups -OCH3 is 2. The fourth-order valence-electron chi connectivity index (χ4n) is 4.91. The molecular weight excluding hydrogens is 424 g/mol. The third-order valence-corrected chi connectivity index (χ3v) is 6.75. The van der Waals surface area contributed by atoms with Crippen LogP contribution in [0.1, 0.15) is 51.1 Å². The van der Waals surface area contributed by atoms with Crippen molar-refractivity contribution < 1.29 is 14.3 Å². The third-order valence-electron chi connectivity index (χ3n) is 6.75. The average molecular weight is 459 g/mol. The van der Waals surface area contributed by atoms with Crippen molar-refractivity contribution in [2.45, 2.75) is 45.8 Å². The van der Waals surface area contributed by atoms with E-state index >= 15 is 0 Å². The van der Waals surface area contributed by atoms with Crippen LogP contribution in [0.25, 0.3) is 0 Å². The molecule has 0 fully saturated rings. The number of aryl methyl sites for hydroxylation is 2. The average Bonchev–Trinajstić information content (AvgIpc) is 2.84. The fourth-order valence-corrected chi connectivity index (χ4v) is 4.91. The lowest BCUT2D eigenvalue weighted by atomic mass is 9.87. The molecule has 0 bridgehead atoms. The highest BCUT2D eigenvalue weighted by Gasteiger charge is 2.34. The van der Waals surface area contributed by atoms with Gasteiger partial charge in [0.25, 0.3) is 5.91 Å². The lowest BCUT2D eigenvalue weighted by Crippen LogP contribution is -2.47. The first-order chi connectivity index (χ1) is 16.4. The molecule has 5 heteroatoms. The van der Waals surface area contributed by atoms with Crippen molar-refractivity contribution in [3.05, 3.63) is 94.0 Å². The van der Waals surface area contributed by atoms with Crippen LogP contribution in [-0.2, 0) is 13.0 Å². The van der Waals surface area contributed by atoms with Gasteiger partial charge >= 0.3 is 0 Å². The molecule has 178 valence electrons. The lowest BCUT2D eigenvalue weighted by Gasteiger charge is -2.41. The molecule has 1 N–H and O–H groups in total. The van der Waals surface area contributed by atoms with Gasteiger partial charge in [-0.25, -0.2) is 0 Å². The molecule has 0 aliphatic carbocycles. The van der Waals surface area contributed by atoms with Gasteiger partial charge in [-0.1, -0.05) is 48.0 Å². The molecule has 0 radical (unpaired) electrons. The minimum Gasteiger partial charge on any atom is -0.493 e. The molecule has 3 aromatic rings. The number of nitrogens with one attached hydrogen (secondary N) is 1. The molecule has 0 spiro atoms. The van der Waals surface area contributed by atoms with E-state index < -0.39 is 0 Å². The van der Waals surface area contributed by atoms with Crippen LogP contribution in [0.2, 0.25) is 0 Å². The summed E-state index contributed by atoms with van der Waals surface area (Å²) in [5, 5.41) is 3.29. The molecule has 2 atom stereocenters. The molecule has 0 unspecified atom stereocenters. The molecule has 34 heavy (non-hydrogen) atoms. The molecule has 1 aliphatic rings. The SMILES string of the molecule is COc1cc2c(cc1OC)[C@@H]([C@@H](C)NC(=O)c1ccccc1C)N(Cc1ccc(C)cc1)CC2. The topological polar surface area (TPSA) is 50.8 Å². The molecule has 1 amide bonds. The van der Waals surface area contributed by atoms with E-state index in [0.29, 0.717) is 11.3 Å². The second-order valence-corrected chi connectivity index (χ2v) is 9.13. The Labute approximate surface area is 202 Å². The number of amides is 1. The number of benzene rings is 3. The summed E-state index contributed by atoms with van der Waals surface area (Å²) in [6, 6.07) is 20.4. The van der Waals surface area contributed by atoms with Crippen LogP contribution in [0.15, 0.2) is 60.7 Å². The first kappa shape index (κ1) is 23.8. The maximum Gasteiger partial charge on any atom is 0.251 e. The summed E-state index contributed by atoms with van der Waals surface area (Å²) in [5.74, 6) is 1.40. The van der Waals surface area contributed by atoms with Crippen molar-refractivity contribution in [3.8, 4) is 11.5 Å². The van der Waals surface area contributed by atoms with Crippen molar-refractivity contribution in [2.24, 2.45) is 0 Å². The zero-order valence-electron chi connectivity index (χ0n) is 20.7. The van der Waals surface area contributed by atoms with Crippen molar-refractivity contribution in [1.82, 2.24) is 10.2 Å². The predicted molar refractivity (Wildman–Crippen MR) is 136 cm³/mol. The zero-order valence-corrected chi connectivity index (χ0v) is 20.7. The van der Waals surface area contributed by atoms with E-state index in [1.54, 1.807) is 14.2 Å². The van der Waals surface area contributed by atoms with Gasteiger partial charge in [-0.2, -0.15) is 0 Å². The van der Waals surface area contributed by atoms with Gasteiger partial charge in [-0.3, -0.25) is 9.69 Å². The minimum atomic E-state index is -0.116. The van der Waals surface area contributed by atoms with Gasteiger partial charge in [-0.05, 0) is 67.6 Å². The number of hydrogen-bond donors (Lipinski definition) is 1. The monoisotopic (exact) mass is 458 g/mol. The molecule has 3 aromatic carbocycles. The van der Waals surface area contributed by atoms with Crippen molar-refractivity contribution in [1.29, 1.82) is 0 Å². The number of carbonyl (C=O) groups excluding carboxylic acids is 1. The molecule has 0 aromatic heterocycles. The van der Waals surface area contributed by atoms with E-state index in [1.165, 1.54) is 22.3 Å². The quantitative estimate of drug-likeness (QED) is 0.526. The Hall–Kier alpha value is -3.31. The van der Waals surface area contributed by atoms with Crippen LogP contribution < -0.4 is 14.8 Å². The fraction of sp³-hybridized carbons (Fsp3) is 0.345. The zero-order chi connectivity index (χ0) is 24.2. The largest absolute Gasteiger partial charge is 0.493 e. The number of ether oxygens (including phenoxy) is 2. The van der Waals surface area contributed by atoms with E-state index in [2.05, 4.69) is 60.5 Å². The summed E-state index contributed by atoms with van der Waals surface area (Å²) in [6.45, 7) is 7.87. The van der Waals surface area contributed by atoms with Gasteiger partial charge in [-0.15, -0.1) is 0 Å². The highest BCUT2D eigenvalue weighted by molar-refractivity contribution is 5.95. The normalized spacial score (nSPS) is 16.4. The van der Waals surface area contributed by atoms with E-state index in [4.69, 9.17) is 9.47 Å². The molecule has 0 saturated carbocycles. The first-order valence-corrected chi connectivity index (χ1v) is 11.8. The Morgan fingerprint density at radius 1 is 1.03 bits per heavy atom. The second kappa shape index (κ2) is 10.3. The number of hydrogen-bond acceptors (Lipinski definition) is 4. The van der Waals surface area contributed by atoms with Gasteiger partial charge < -0.3 is 14.8 Å². The maximum absolute atomic E-state index is 13.2. The van der Waals surface area contributed by atoms with Crippen LogP contribution in [-0.4, -0.2) is 37.6 Å². The van der Waals surface area contributed by atoms with Crippen LogP contribution in [0, 0.1) is 13.8 Å². The Kier molecular flexibility index (Phi) is 7.23. The van der Waals surface area contributed by atoms with E-state index in [0.717, 1.165) is 30.8 Å². The Morgan fingerprint density at radius 3 is 2.38 bits per heavy atom. The third kappa shape index (κ3) is 4.95. The summed E-state index contributed by atoms with van der Waals surface area (Å²) >= 11 is 0. The van der Waals surface area contributed by atoms with Crippen LogP contribution >= 0.6 is 0 Å². The summed E-state index contributed by atoms with van der Waals surface area (Å²) < 4.78 is 11.2. The van der Waals surface area contributed by atoms with Crippen molar-refractivity contribution in [3.63, 3.8) is 0 Å². The smallest absolute Gasteiger partial charge is 0.251 e. The van der Waals surface area contributed by atoms with Gasteiger partial charge in [0, 0.05) is 24.7 Å². The number of rotatable bonds is 7. The van der Waals surface area contributed by atoms with E-state index in [9.17, 15) is 4.79 Å². The Morgan fingerprint density at radius 2 is 1.71 bits per heavy atom. The van der Waals surface area contributed by atoms with Gasteiger partial charge in [0.15, 0.2) is 11.5 Å². The van der Waals surface area contributed by atoms with Crippen molar-refractivity contribution in [2.75, 3.05) is 20.8 Å². The van der Waals surface area contributed by atoms with Gasteiger partial charge in [0.1, 0.15) is 0 Å². The Balaban J connectivity index is 1.69. The molecular formula is C29H34N2O3. The molecule has 4 rings (SSSR count). The molecule has 1 aliphatic heterocycles. The first-order valence-electron chi connectivity index (χ1n) is 11.8. The highest BCUT2D eigenvalue weighted by atomic mass is 16.5. The second-order valence-electron chi connectivity index (χ2n) is 9.13. The standard InChI is InChI=1S/C29H34N2O3/c1-19-10-12-22(13-11-19)18-31-15-14-23-16-26(33-4)27(34-5)17-25(23)28(31)21(3)30-29(32)24-9-7-6-8-20(24)2/h6-13,16-17,21,28H,14-15,18H2,1-5H3,(H,30,32)/t21-,28-/m1/s1. The number of fused-ring (bicyclic) bond motifs is 1. The van der Waals surface area contributed by atoms with E-state index in [-0.39, 0.29) is 18.0 Å². The van der Waals surface area contributed by atoms with Crippen LogP contribution in [0.4, 0.5) is 0 Å². The van der Waals surface area contributed by atoms with E-state index in [1.807, 2.05) is 31.2 Å². The number of nitrogens with zero attached hydrogens (tertiary/aromatic N) is 1. The summed E-state index contributed by atoms with van der Waals surface area (Å²) in [6.07, 6.45) is 0.913. The van der Waals surface area contributed by atoms with Crippen molar-refractivity contribution >= 4 is 5.91 Å². The molecule has 5 nitrogen and oxygen atoms in total. The lowest BCUT2D eigenvalue weighted by molar-refractivity contribution is 0.0876. The summed E-state index contributed by atoms with van der Waals surface area (Å²) in [4.78, 5) is 15.6. The molecule has 1 heterocycles. The number of carbonyl (C=O) groups is 1. The maximum atomic E-state index is 13.2. The summed E-state index contributed by atoms with van der Waals surface area (Å²) in [7, 11) is 3.33. The van der Waals surface area contributed by atoms with Gasteiger partial charge in [0.05, 0.1) is 20.3 Å². The highest BCUT2D eigenvalue weighted by Crippen LogP contribution is 2.40. The molecule has 0 saturated heterocycles. The van der Waals surface area contributed by atoms with Gasteiger partial charge in [0.2, 0.25) is 0 Å².